The maximum absolute atomic E-state index is 6.20. The van der Waals surface area contributed by atoms with Crippen LogP contribution in [0.4, 0.5) is 0 Å². The van der Waals surface area contributed by atoms with E-state index in [1.54, 1.807) is 0 Å². The van der Waals surface area contributed by atoms with Crippen LogP contribution in [0.15, 0.2) is 95.4 Å². The molecule has 0 unspecified atom stereocenters. The number of furan rings is 1. The van der Waals surface area contributed by atoms with Crippen LogP contribution < -0.4 is 0 Å². The fourth-order valence-corrected chi connectivity index (χ4v) is 5.19. The van der Waals surface area contributed by atoms with Gasteiger partial charge in [0.1, 0.15) is 5.58 Å². The quantitative estimate of drug-likeness (QED) is 0.197. The molecule has 1 heteroatoms. The lowest BCUT2D eigenvalue weighted by Gasteiger charge is -2.14. The predicted molar refractivity (Wildman–Crippen MR) is 135 cm³/mol. The van der Waals surface area contributed by atoms with E-state index < -0.39 is 0 Å². The molecule has 1 heterocycles. The highest BCUT2D eigenvalue weighted by molar-refractivity contribution is 6.25. The molecule has 0 saturated carbocycles. The zero-order valence-corrected chi connectivity index (χ0v) is 17.6. The van der Waals surface area contributed by atoms with E-state index in [0.29, 0.717) is 0 Å². The molecule has 7 rings (SSSR count). The summed E-state index contributed by atoms with van der Waals surface area (Å²) in [5, 5.41) is 10.1. The Morgan fingerprint density at radius 1 is 0.625 bits per heavy atom. The van der Waals surface area contributed by atoms with Crippen molar-refractivity contribution in [1.29, 1.82) is 0 Å². The molecule has 1 aromatic heterocycles. The van der Waals surface area contributed by atoms with Crippen LogP contribution in [-0.4, -0.2) is 0 Å². The Hall–Kier alpha value is -4.28. The van der Waals surface area contributed by atoms with E-state index >= 15 is 0 Å². The summed E-state index contributed by atoms with van der Waals surface area (Å²) in [6.45, 7) is 1.85. The van der Waals surface area contributed by atoms with Crippen LogP contribution in [0, 0.1) is 11.8 Å². The molecule has 6 aromatic carbocycles. The van der Waals surface area contributed by atoms with Gasteiger partial charge in [-0.2, -0.15) is 0 Å². The summed E-state index contributed by atoms with van der Waals surface area (Å²) in [4.78, 5) is 0. The van der Waals surface area contributed by atoms with Crippen molar-refractivity contribution in [2.45, 2.75) is 6.92 Å². The van der Waals surface area contributed by atoms with Gasteiger partial charge in [-0.15, -0.1) is 5.92 Å². The highest BCUT2D eigenvalue weighted by atomic mass is 16.3. The van der Waals surface area contributed by atoms with E-state index in [1.165, 1.54) is 43.4 Å². The summed E-state index contributed by atoms with van der Waals surface area (Å²) in [6, 6.07) is 32.7. The van der Waals surface area contributed by atoms with Gasteiger partial charge in [-0.05, 0) is 68.6 Å². The predicted octanol–water partition coefficient (Wildman–Crippen LogP) is 8.52. The van der Waals surface area contributed by atoms with Crippen LogP contribution in [0.25, 0.3) is 65.4 Å². The van der Waals surface area contributed by atoms with Crippen LogP contribution in [0.3, 0.4) is 0 Å². The van der Waals surface area contributed by atoms with Crippen LogP contribution >= 0.6 is 0 Å². The van der Waals surface area contributed by atoms with Crippen molar-refractivity contribution in [3.63, 3.8) is 0 Å². The largest absolute Gasteiger partial charge is 0.455 e. The summed E-state index contributed by atoms with van der Waals surface area (Å²) in [5.74, 6) is 6.16. The standard InChI is InChI=1S/C31H18O/c1-2-5-22-8-4-9-26-27-18-23(14-17-28(27)32-31(22)26)24-15-12-21-11-10-19-6-3-7-20-13-16-25(24)30(21)29(19)20/h3-4,6-18H,1H3. The molecule has 0 fully saturated rings. The second kappa shape index (κ2) is 6.36. The van der Waals surface area contributed by atoms with Crippen molar-refractivity contribution >= 4 is 54.3 Å². The summed E-state index contributed by atoms with van der Waals surface area (Å²) in [5.41, 5.74) is 5.14. The highest BCUT2D eigenvalue weighted by Gasteiger charge is 2.14. The fraction of sp³-hybridized carbons (Fsp3) is 0.0323. The molecule has 0 aliphatic carbocycles. The van der Waals surface area contributed by atoms with Crippen LogP contribution in [0.1, 0.15) is 12.5 Å². The minimum absolute atomic E-state index is 0.865. The summed E-state index contributed by atoms with van der Waals surface area (Å²) >= 11 is 0. The van der Waals surface area contributed by atoms with Gasteiger partial charge in [0.2, 0.25) is 0 Å². The molecule has 0 saturated heterocycles. The van der Waals surface area contributed by atoms with Crippen molar-refractivity contribution in [3.05, 3.63) is 96.6 Å². The zero-order chi connectivity index (χ0) is 21.2. The number of fused-ring (bicyclic) bond motifs is 3. The van der Waals surface area contributed by atoms with Gasteiger partial charge in [0.05, 0.1) is 5.56 Å². The average molecular weight is 406 g/mol. The van der Waals surface area contributed by atoms with Gasteiger partial charge in [0, 0.05) is 10.8 Å². The molecular formula is C31H18O. The van der Waals surface area contributed by atoms with Gasteiger partial charge >= 0.3 is 0 Å². The van der Waals surface area contributed by atoms with Gasteiger partial charge in [-0.25, -0.2) is 0 Å². The molecule has 7 aromatic rings. The lowest BCUT2D eigenvalue weighted by atomic mass is 9.89. The van der Waals surface area contributed by atoms with Gasteiger partial charge in [0.25, 0.3) is 0 Å². The zero-order valence-electron chi connectivity index (χ0n) is 17.6. The molecule has 0 bridgehead atoms. The van der Waals surface area contributed by atoms with E-state index in [4.69, 9.17) is 4.42 Å². The minimum atomic E-state index is 0.865. The van der Waals surface area contributed by atoms with Crippen LogP contribution in [0.5, 0.6) is 0 Å². The van der Waals surface area contributed by atoms with Gasteiger partial charge < -0.3 is 4.42 Å². The number of benzene rings is 6. The Kier molecular flexibility index (Phi) is 3.46. The Morgan fingerprint density at radius 3 is 2.22 bits per heavy atom. The molecule has 0 spiro atoms. The minimum Gasteiger partial charge on any atom is -0.455 e. The fourth-order valence-electron chi connectivity index (χ4n) is 5.19. The van der Waals surface area contributed by atoms with Crippen LogP contribution in [-0.2, 0) is 0 Å². The maximum atomic E-state index is 6.20. The Labute approximate surface area is 185 Å². The topological polar surface area (TPSA) is 13.1 Å². The lowest BCUT2D eigenvalue weighted by Crippen LogP contribution is -1.87. The highest BCUT2D eigenvalue weighted by Crippen LogP contribution is 2.40. The van der Waals surface area contributed by atoms with Crippen molar-refractivity contribution < 1.29 is 4.42 Å². The first-order valence-electron chi connectivity index (χ1n) is 10.9. The number of para-hydroxylation sites is 1. The average Bonchev–Trinajstić information content (AvgIpc) is 3.22. The Balaban J connectivity index is 1.55. The van der Waals surface area contributed by atoms with Crippen LogP contribution in [0.2, 0.25) is 0 Å². The number of hydrogen-bond donors (Lipinski definition) is 0. The van der Waals surface area contributed by atoms with Gasteiger partial charge in [-0.1, -0.05) is 78.7 Å². The van der Waals surface area contributed by atoms with Crippen molar-refractivity contribution in [2.75, 3.05) is 0 Å². The smallest absolute Gasteiger partial charge is 0.151 e. The monoisotopic (exact) mass is 406 g/mol. The van der Waals surface area contributed by atoms with E-state index in [9.17, 15) is 0 Å². The maximum Gasteiger partial charge on any atom is 0.151 e. The second-order valence-corrected chi connectivity index (χ2v) is 8.34. The lowest BCUT2D eigenvalue weighted by molar-refractivity contribution is 0.668. The van der Waals surface area contributed by atoms with Crippen molar-refractivity contribution in [2.24, 2.45) is 0 Å². The normalized spacial score (nSPS) is 11.7. The molecule has 32 heavy (non-hydrogen) atoms. The Morgan fingerprint density at radius 2 is 1.38 bits per heavy atom. The molecular weight excluding hydrogens is 388 g/mol. The van der Waals surface area contributed by atoms with E-state index in [2.05, 4.69) is 96.8 Å². The number of hydrogen-bond acceptors (Lipinski definition) is 1. The number of rotatable bonds is 1. The Bertz CT molecular complexity index is 1870. The third-order valence-electron chi connectivity index (χ3n) is 6.60. The third-order valence-corrected chi connectivity index (χ3v) is 6.60. The van der Waals surface area contributed by atoms with E-state index in [1.807, 2.05) is 13.0 Å². The van der Waals surface area contributed by atoms with E-state index in [-0.39, 0.29) is 0 Å². The van der Waals surface area contributed by atoms with Crippen molar-refractivity contribution in [1.82, 2.24) is 0 Å². The molecule has 0 amide bonds. The molecule has 0 aliphatic rings. The van der Waals surface area contributed by atoms with Gasteiger partial charge in [-0.3, -0.25) is 0 Å². The SMILES string of the molecule is CC#Cc1cccc2c1oc1ccc(-c3ccc4ccc5cccc6ccc3c4c56)cc12. The third kappa shape index (κ3) is 2.30. The molecule has 0 N–H and O–H groups in total. The molecule has 148 valence electrons. The van der Waals surface area contributed by atoms with E-state index in [0.717, 1.165) is 27.5 Å². The first-order chi connectivity index (χ1) is 15.8. The summed E-state index contributed by atoms with van der Waals surface area (Å²) < 4.78 is 6.20. The van der Waals surface area contributed by atoms with Gasteiger partial charge in [0.15, 0.2) is 5.58 Å². The first-order valence-corrected chi connectivity index (χ1v) is 10.9. The molecule has 0 aliphatic heterocycles. The van der Waals surface area contributed by atoms with Crippen molar-refractivity contribution in [3.8, 4) is 23.0 Å². The summed E-state index contributed by atoms with van der Waals surface area (Å²) in [7, 11) is 0. The molecule has 0 radical (unpaired) electrons. The first kappa shape index (κ1) is 17.4. The molecule has 0 atom stereocenters. The molecule has 1 nitrogen and oxygen atoms in total. The summed E-state index contributed by atoms with van der Waals surface area (Å²) in [6.07, 6.45) is 0. The second-order valence-electron chi connectivity index (χ2n) is 8.34.